The molecule has 0 unspecified atom stereocenters. The quantitative estimate of drug-likeness (QED) is 0.620. The van der Waals surface area contributed by atoms with Gasteiger partial charge in [-0.2, -0.15) is 5.26 Å². The molecular weight excluding hydrogens is 288 g/mol. The van der Waals surface area contributed by atoms with E-state index in [0.29, 0.717) is 11.1 Å². The van der Waals surface area contributed by atoms with Crippen molar-refractivity contribution in [1.29, 1.82) is 5.26 Å². The molecule has 7 heteroatoms. The monoisotopic (exact) mass is 304 g/mol. The number of methoxy groups -OCH3 is 2. The van der Waals surface area contributed by atoms with Crippen LogP contribution in [0.4, 0.5) is 0 Å². The first-order chi connectivity index (χ1) is 10.4. The van der Waals surface area contributed by atoms with E-state index in [1.807, 2.05) is 6.07 Å². The molecule has 1 N–H and O–H groups in total. The van der Waals surface area contributed by atoms with Crippen LogP contribution in [0.5, 0.6) is 0 Å². The first kappa shape index (κ1) is 17.2. The van der Waals surface area contributed by atoms with Crippen LogP contribution in [0, 0.1) is 11.3 Å². The molecule has 1 amide bonds. The molecule has 0 saturated carbocycles. The molecule has 7 nitrogen and oxygen atoms in total. The molecule has 0 aromatic heterocycles. The first-order valence-corrected chi connectivity index (χ1v) is 6.34. The fourth-order valence-corrected chi connectivity index (χ4v) is 2.03. The minimum absolute atomic E-state index is 0.155. The molecule has 1 aromatic carbocycles. The number of carbonyl (C=O) groups excluding carboxylic acids is 3. The number of nitrogens with zero attached hydrogens (tertiary/aromatic N) is 1. The summed E-state index contributed by atoms with van der Waals surface area (Å²) < 4.78 is 9.30. The average molecular weight is 304 g/mol. The number of nitrogens with one attached hydrogen (secondary N) is 1. The van der Waals surface area contributed by atoms with E-state index < -0.39 is 23.4 Å². The number of amides is 1. The molecule has 1 rings (SSSR count). The van der Waals surface area contributed by atoms with Gasteiger partial charge in [0.2, 0.25) is 11.4 Å². The van der Waals surface area contributed by atoms with Crippen LogP contribution in [-0.2, 0) is 30.3 Å². The van der Waals surface area contributed by atoms with E-state index in [1.54, 1.807) is 24.3 Å². The van der Waals surface area contributed by atoms with Gasteiger partial charge in [-0.05, 0) is 17.7 Å². The fourth-order valence-electron chi connectivity index (χ4n) is 2.03. The molecule has 0 fully saturated rings. The number of nitriles is 1. The molecule has 0 aliphatic heterocycles. The lowest BCUT2D eigenvalue weighted by Crippen LogP contribution is -2.62. The summed E-state index contributed by atoms with van der Waals surface area (Å²) >= 11 is 0. The molecule has 22 heavy (non-hydrogen) atoms. The van der Waals surface area contributed by atoms with Gasteiger partial charge in [0.25, 0.3) is 0 Å². The van der Waals surface area contributed by atoms with Crippen molar-refractivity contribution in [2.75, 3.05) is 14.2 Å². The number of benzene rings is 1. The summed E-state index contributed by atoms with van der Waals surface area (Å²) in [5, 5.41) is 11.1. The number of carbonyl (C=O) groups is 3. The molecule has 1 aromatic rings. The zero-order chi connectivity index (χ0) is 16.8. The van der Waals surface area contributed by atoms with Crippen molar-refractivity contribution in [2.24, 2.45) is 0 Å². The zero-order valence-corrected chi connectivity index (χ0v) is 12.5. The van der Waals surface area contributed by atoms with Crippen molar-refractivity contribution in [3.05, 3.63) is 35.4 Å². The van der Waals surface area contributed by atoms with Crippen molar-refractivity contribution in [2.45, 2.75) is 18.9 Å². The molecular formula is C15H16N2O5. The Morgan fingerprint density at radius 1 is 1.14 bits per heavy atom. The fraction of sp³-hybridized carbons (Fsp3) is 0.333. The Morgan fingerprint density at radius 3 is 2.00 bits per heavy atom. The molecule has 0 aliphatic carbocycles. The Hall–Kier alpha value is -2.88. The maximum absolute atomic E-state index is 12.1. The van der Waals surface area contributed by atoms with Crippen LogP contribution in [0.3, 0.4) is 0 Å². The summed E-state index contributed by atoms with van der Waals surface area (Å²) in [6.45, 7) is 1.18. The Morgan fingerprint density at radius 2 is 1.64 bits per heavy atom. The lowest BCUT2D eigenvalue weighted by Gasteiger charge is -2.28. The predicted molar refractivity (Wildman–Crippen MR) is 75.4 cm³/mol. The van der Waals surface area contributed by atoms with Crippen LogP contribution < -0.4 is 5.32 Å². The van der Waals surface area contributed by atoms with Gasteiger partial charge in [-0.3, -0.25) is 4.79 Å². The summed E-state index contributed by atoms with van der Waals surface area (Å²) in [5.41, 5.74) is -0.975. The standard InChI is InChI=1S/C15H16N2O5/c1-10(18)17-15(13(19)21-2,14(20)22-3)8-11-4-6-12(9-16)7-5-11/h4-7H,8H2,1-3H3,(H,17,18). The molecule has 0 spiro atoms. The average Bonchev–Trinajstić information content (AvgIpc) is 2.52. The third-order valence-electron chi connectivity index (χ3n) is 3.01. The van der Waals surface area contributed by atoms with Crippen molar-refractivity contribution in [1.82, 2.24) is 5.32 Å². The van der Waals surface area contributed by atoms with Crippen LogP contribution in [0.25, 0.3) is 0 Å². The summed E-state index contributed by atoms with van der Waals surface area (Å²) in [4.78, 5) is 35.6. The molecule has 116 valence electrons. The van der Waals surface area contributed by atoms with Gasteiger partial charge >= 0.3 is 11.9 Å². The highest BCUT2D eigenvalue weighted by atomic mass is 16.5. The number of rotatable bonds is 5. The number of ether oxygens (including phenoxy) is 2. The van der Waals surface area contributed by atoms with Gasteiger partial charge < -0.3 is 14.8 Å². The Bertz CT molecular complexity index is 600. The Balaban J connectivity index is 3.27. The SMILES string of the molecule is COC(=O)C(Cc1ccc(C#N)cc1)(NC(C)=O)C(=O)OC. The first-order valence-electron chi connectivity index (χ1n) is 6.34. The summed E-state index contributed by atoms with van der Waals surface area (Å²) in [6.07, 6.45) is -0.155. The summed E-state index contributed by atoms with van der Waals surface area (Å²) in [5.74, 6) is -2.44. The van der Waals surface area contributed by atoms with Gasteiger partial charge in [0.05, 0.1) is 25.9 Å². The molecule has 0 saturated heterocycles. The van der Waals surface area contributed by atoms with E-state index >= 15 is 0 Å². The maximum atomic E-state index is 12.1. The number of hydrogen-bond donors (Lipinski definition) is 1. The van der Waals surface area contributed by atoms with E-state index in [9.17, 15) is 14.4 Å². The number of esters is 2. The van der Waals surface area contributed by atoms with E-state index in [2.05, 4.69) is 14.8 Å². The maximum Gasteiger partial charge on any atom is 0.343 e. The van der Waals surface area contributed by atoms with Gasteiger partial charge in [-0.1, -0.05) is 12.1 Å². The zero-order valence-electron chi connectivity index (χ0n) is 12.5. The van der Waals surface area contributed by atoms with Crippen LogP contribution in [-0.4, -0.2) is 37.6 Å². The van der Waals surface area contributed by atoms with Crippen molar-refractivity contribution in [3.63, 3.8) is 0 Å². The minimum Gasteiger partial charge on any atom is -0.467 e. The second-order valence-corrected chi connectivity index (χ2v) is 4.56. The highest BCUT2D eigenvalue weighted by Gasteiger charge is 2.49. The lowest BCUT2D eigenvalue weighted by molar-refractivity contribution is -0.165. The van der Waals surface area contributed by atoms with Gasteiger partial charge in [0.1, 0.15) is 0 Å². The lowest BCUT2D eigenvalue weighted by atomic mass is 9.90. The largest absolute Gasteiger partial charge is 0.467 e. The molecule has 0 bridgehead atoms. The Kier molecular flexibility index (Phi) is 5.64. The normalized spacial score (nSPS) is 10.3. The molecule has 0 aliphatic rings. The predicted octanol–water partition coefficient (Wildman–Crippen LogP) is 0.322. The highest BCUT2D eigenvalue weighted by Crippen LogP contribution is 2.18. The van der Waals surface area contributed by atoms with E-state index in [-0.39, 0.29) is 6.42 Å². The second kappa shape index (κ2) is 7.22. The highest BCUT2D eigenvalue weighted by molar-refractivity contribution is 6.07. The van der Waals surface area contributed by atoms with E-state index in [0.717, 1.165) is 14.2 Å². The molecule has 0 radical (unpaired) electrons. The summed E-state index contributed by atoms with van der Waals surface area (Å²) in [7, 11) is 2.22. The van der Waals surface area contributed by atoms with Crippen LogP contribution in [0.2, 0.25) is 0 Å². The Labute approximate surface area is 127 Å². The van der Waals surface area contributed by atoms with Crippen LogP contribution in [0.15, 0.2) is 24.3 Å². The van der Waals surface area contributed by atoms with Gasteiger partial charge in [0.15, 0.2) is 0 Å². The van der Waals surface area contributed by atoms with Gasteiger partial charge in [-0.15, -0.1) is 0 Å². The van der Waals surface area contributed by atoms with Crippen molar-refractivity contribution in [3.8, 4) is 6.07 Å². The van der Waals surface area contributed by atoms with E-state index in [1.165, 1.54) is 6.92 Å². The third kappa shape index (κ3) is 3.61. The molecule has 0 heterocycles. The third-order valence-corrected chi connectivity index (χ3v) is 3.01. The van der Waals surface area contributed by atoms with Crippen molar-refractivity contribution >= 4 is 17.8 Å². The topological polar surface area (TPSA) is 105 Å². The van der Waals surface area contributed by atoms with Crippen LogP contribution >= 0.6 is 0 Å². The van der Waals surface area contributed by atoms with E-state index in [4.69, 9.17) is 5.26 Å². The van der Waals surface area contributed by atoms with Gasteiger partial charge in [-0.25, -0.2) is 9.59 Å². The number of hydrogen-bond acceptors (Lipinski definition) is 6. The molecule has 0 atom stereocenters. The minimum atomic E-state index is -1.97. The van der Waals surface area contributed by atoms with Crippen LogP contribution in [0.1, 0.15) is 18.1 Å². The van der Waals surface area contributed by atoms with Crippen molar-refractivity contribution < 1.29 is 23.9 Å². The smallest absolute Gasteiger partial charge is 0.343 e. The van der Waals surface area contributed by atoms with Gasteiger partial charge in [0, 0.05) is 13.3 Å². The summed E-state index contributed by atoms with van der Waals surface area (Å²) in [6, 6.07) is 8.22. The second-order valence-electron chi connectivity index (χ2n) is 4.56.